The van der Waals surface area contributed by atoms with E-state index in [2.05, 4.69) is 5.32 Å². The molecule has 130 valence electrons. The zero-order chi connectivity index (χ0) is 16.9. The molecule has 1 amide bonds. The quantitative estimate of drug-likeness (QED) is 0.861. The number of amides is 1. The van der Waals surface area contributed by atoms with Crippen molar-refractivity contribution in [1.29, 1.82) is 0 Å². The van der Waals surface area contributed by atoms with Crippen molar-refractivity contribution in [2.24, 2.45) is 17.8 Å². The van der Waals surface area contributed by atoms with E-state index < -0.39 is 5.97 Å². The number of carbonyl (C=O) groups is 2. The van der Waals surface area contributed by atoms with E-state index in [0.29, 0.717) is 17.1 Å². The number of hydrogen-bond donors (Lipinski definition) is 1. The van der Waals surface area contributed by atoms with Crippen LogP contribution in [0.2, 0.25) is 0 Å². The zero-order valence-corrected chi connectivity index (χ0v) is 14.4. The van der Waals surface area contributed by atoms with E-state index >= 15 is 0 Å². The second-order valence-corrected chi connectivity index (χ2v) is 8.15. The first-order valence-electron chi connectivity index (χ1n) is 8.98. The van der Waals surface area contributed by atoms with E-state index in [9.17, 15) is 9.59 Å². The lowest BCUT2D eigenvalue weighted by Crippen LogP contribution is -2.60. The van der Waals surface area contributed by atoms with Crippen LogP contribution in [0.4, 0.5) is 0 Å². The van der Waals surface area contributed by atoms with E-state index in [-0.39, 0.29) is 18.1 Å². The molecule has 5 nitrogen and oxygen atoms in total. The molecule has 24 heavy (non-hydrogen) atoms. The largest absolute Gasteiger partial charge is 0.466 e. The molecule has 4 bridgehead atoms. The third kappa shape index (κ3) is 2.85. The number of carbonyl (C=O) groups excluding carboxylic acids is 2. The van der Waals surface area contributed by atoms with E-state index in [0.717, 1.165) is 37.0 Å². The molecule has 4 fully saturated rings. The van der Waals surface area contributed by atoms with Crippen LogP contribution in [0.25, 0.3) is 0 Å². The van der Waals surface area contributed by atoms with E-state index in [1.54, 1.807) is 19.9 Å². The van der Waals surface area contributed by atoms with Gasteiger partial charge in [0.2, 0.25) is 0 Å². The Morgan fingerprint density at radius 2 is 1.75 bits per heavy atom. The molecular formula is C19H25NO4. The van der Waals surface area contributed by atoms with Crippen molar-refractivity contribution in [2.75, 3.05) is 6.61 Å². The fraction of sp³-hybridized carbons (Fsp3) is 0.684. The summed E-state index contributed by atoms with van der Waals surface area (Å²) in [7, 11) is 0. The van der Waals surface area contributed by atoms with Gasteiger partial charge < -0.3 is 14.5 Å². The Bertz CT molecular complexity index is 640. The Labute approximate surface area is 142 Å². The first-order valence-corrected chi connectivity index (χ1v) is 8.98. The molecule has 4 saturated carbocycles. The Balaban J connectivity index is 1.34. The zero-order valence-electron chi connectivity index (χ0n) is 14.4. The molecule has 0 aromatic carbocycles. The Morgan fingerprint density at radius 3 is 2.25 bits per heavy atom. The molecule has 0 aliphatic heterocycles. The molecule has 4 aliphatic rings. The van der Waals surface area contributed by atoms with Crippen LogP contribution in [0.1, 0.15) is 60.4 Å². The average Bonchev–Trinajstić information content (AvgIpc) is 2.81. The molecule has 1 aromatic heterocycles. The highest BCUT2D eigenvalue weighted by Gasteiger charge is 2.51. The average molecular weight is 331 g/mol. The number of aryl methyl sites for hydroxylation is 2. The van der Waals surface area contributed by atoms with Gasteiger partial charge in [-0.3, -0.25) is 4.79 Å². The number of nitrogens with one attached hydrogen (secondary N) is 1. The van der Waals surface area contributed by atoms with Crippen LogP contribution in [-0.2, 0) is 9.53 Å². The fourth-order valence-electron chi connectivity index (χ4n) is 5.64. The standard InChI is InChI=1S/C19H25NO4/c1-11-3-16(12(2)24-11)18(22)23-10-17(21)20-19-7-13-4-14(8-19)6-15(5-13)9-19/h3,13-15H,4-10H2,1-2H3,(H,20,21). The number of esters is 1. The second kappa shape index (κ2) is 5.64. The maximum atomic E-state index is 12.3. The van der Waals surface area contributed by atoms with Gasteiger partial charge in [0.1, 0.15) is 17.1 Å². The van der Waals surface area contributed by atoms with Gasteiger partial charge in [0.25, 0.3) is 5.91 Å². The highest BCUT2D eigenvalue weighted by molar-refractivity contribution is 5.92. The van der Waals surface area contributed by atoms with Crippen LogP contribution in [-0.4, -0.2) is 24.0 Å². The number of ether oxygens (including phenoxy) is 1. The van der Waals surface area contributed by atoms with Crippen LogP contribution < -0.4 is 5.32 Å². The minimum atomic E-state index is -0.495. The van der Waals surface area contributed by atoms with Crippen molar-refractivity contribution >= 4 is 11.9 Å². The van der Waals surface area contributed by atoms with E-state index in [4.69, 9.17) is 9.15 Å². The summed E-state index contributed by atoms with van der Waals surface area (Å²) in [5.41, 5.74) is 0.357. The third-order valence-corrected chi connectivity index (χ3v) is 6.04. The molecule has 5 heteroatoms. The van der Waals surface area contributed by atoms with Crippen molar-refractivity contribution in [3.05, 3.63) is 23.2 Å². The lowest BCUT2D eigenvalue weighted by Gasteiger charge is -2.56. The lowest BCUT2D eigenvalue weighted by molar-refractivity contribution is -0.130. The summed E-state index contributed by atoms with van der Waals surface area (Å²) in [6.07, 6.45) is 7.30. The van der Waals surface area contributed by atoms with Crippen molar-refractivity contribution in [3.8, 4) is 0 Å². The van der Waals surface area contributed by atoms with Gasteiger partial charge in [-0.2, -0.15) is 0 Å². The molecule has 0 spiro atoms. The highest BCUT2D eigenvalue weighted by Crippen LogP contribution is 2.55. The monoisotopic (exact) mass is 331 g/mol. The first kappa shape index (κ1) is 15.7. The Hall–Kier alpha value is -1.78. The van der Waals surface area contributed by atoms with Gasteiger partial charge in [-0.1, -0.05) is 0 Å². The maximum absolute atomic E-state index is 12.3. The summed E-state index contributed by atoms with van der Waals surface area (Å²) in [6, 6.07) is 1.65. The molecule has 4 aliphatic carbocycles. The Kier molecular flexibility index (Phi) is 3.70. The van der Waals surface area contributed by atoms with Gasteiger partial charge in [-0.05, 0) is 76.2 Å². The minimum absolute atomic E-state index is 0.0413. The summed E-state index contributed by atoms with van der Waals surface area (Å²) < 4.78 is 10.5. The van der Waals surface area contributed by atoms with Gasteiger partial charge in [0, 0.05) is 5.54 Å². The molecule has 0 radical (unpaired) electrons. The first-order chi connectivity index (χ1) is 11.4. The van der Waals surface area contributed by atoms with Gasteiger partial charge in [0.05, 0.1) is 0 Å². The van der Waals surface area contributed by atoms with E-state index in [1.165, 1.54) is 19.3 Å². The van der Waals surface area contributed by atoms with Crippen LogP contribution in [0.5, 0.6) is 0 Å². The van der Waals surface area contributed by atoms with Crippen LogP contribution >= 0.6 is 0 Å². The molecule has 0 unspecified atom stereocenters. The van der Waals surface area contributed by atoms with Gasteiger partial charge >= 0.3 is 5.97 Å². The number of furan rings is 1. The summed E-state index contributed by atoms with van der Waals surface area (Å²) >= 11 is 0. The Morgan fingerprint density at radius 1 is 1.17 bits per heavy atom. The van der Waals surface area contributed by atoms with E-state index in [1.807, 2.05) is 0 Å². The molecule has 5 rings (SSSR count). The van der Waals surface area contributed by atoms with Crippen molar-refractivity contribution in [1.82, 2.24) is 5.32 Å². The topological polar surface area (TPSA) is 68.5 Å². The second-order valence-electron chi connectivity index (χ2n) is 8.15. The van der Waals surface area contributed by atoms with Gasteiger partial charge in [-0.25, -0.2) is 4.79 Å². The minimum Gasteiger partial charge on any atom is -0.466 e. The fourth-order valence-corrected chi connectivity index (χ4v) is 5.64. The molecule has 1 aromatic rings. The van der Waals surface area contributed by atoms with Crippen LogP contribution in [0, 0.1) is 31.6 Å². The maximum Gasteiger partial charge on any atom is 0.342 e. The van der Waals surface area contributed by atoms with Crippen molar-refractivity contribution in [2.45, 2.75) is 57.9 Å². The molecular weight excluding hydrogens is 306 g/mol. The SMILES string of the molecule is Cc1cc(C(=O)OCC(=O)NC23CC4CC(CC(C4)C2)C3)c(C)o1. The molecule has 0 atom stereocenters. The van der Waals surface area contributed by atoms with Crippen molar-refractivity contribution in [3.63, 3.8) is 0 Å². The summed E-state index contributed by atoms with van der Waals surface area (Å²) in [5.74, 6) is 2.84. The highest BCUT2D eigenvalue weighted by atomic mass is 16.5. The third-order valence-electron chi connectivity index (χ3n) is 6.04. The van der Waals surface area contributed by atoms with Crippen LogP contribution in [0.3, 0.4) is 0 Å². The summed E-state index contributed by atoms with van der Waals surface area (Å²) in [4.78, 5) is 24.4. The van der Waals surface area contributed by atoms with Gasteiger partial charge in [0.15, 0.2) is 6.61 Å². The van der Waals surface area contributed by atoms with Crippen LogP contribution in [0.15, 0.2) is 10.5 Å². The summed E-state index contributed by atoms with van der Waals surface area (Å²) in [5, 5.41) is 3.21. The molecule has 0 saturated heterocycles. The normalized spacial score (nSPS) is 33.5. The molecule has 1 N–H and O–H groups in total. The van der Waals surface area contributed by atoms with Gasteiger partial charge in [-0.15, -0.1) is 0 Å². The number of hydrogen-bond acceptors (Lipinski definition) is 4. The summed E-state index contributed by atoms with van der Waals surface area (Å²) in [6.45, 7) is 3.28. The predicted octanol–water partition coefficient (Wildman–Crippen LogP) is 3.14. The number of rotatable bonds is 4. The predicted molar refractivity (Wildman–Crippen MR) is 87.5 cm³/mol. The lowest BCUT2D eigenvalue weighted by atomic mass is 9.53. The van der Waals surface area contributed by atoms with Crippen molar-refractivity contribution < 1.29 is 18.7 Å². The smallest absolute Gasteiger partial charge is 0.342 e. The molecule has 1 heterocycles.